The van der Waals surface area contributed by atoms with Crippen LogP contribution >= 0.6 is 0 Å². The van der Waals surface area contributed by atoms with Gasteiger partial charge in [0, 0.05) is 32.2 Å². The van der Waals surface area contributed by atoms with Crippen molar-refractivity contribution in [2.45, 2.75) is 53.0 Å². The zero-order chi connectivity index (χ0) is 15.2. The third-order valence-electron chi connectivity index (χ3n) is 3.50. The average Bonchev–Trinajstić information content (AvgIpc) is 2.32. The summed E-state index contributed by atoms with van der Waals surface area (Å²) >= 11 is 0. The maximum atomic E-state index is 4.31. The molecule has 0 amide bonds. The first kappa shape index (κ1) is 17.3. The van der Waals surface area contributed by atoms with E-state index in [0.29, 0.717) is 0 Å². The van der Waals surface area contributed by atoms with Gasteiger partial charge in [-0.3, -0.25) is 4.99 Å². The van der Waals surface area contributed by atoms with E-state index in [9.17, 15) is 0 Å². The van der Waals surface area contributed by atoms with E-state index in [1.54, 1.807) is 0 Å². The van der Waals surface area contributed by atoms with Gasteiger partial charge in [-0.05, 0) is 52.0 Å². The van der Waals surface area contributed by atoms with Crippen LogP contribution < -0.4 is 10.6 Å². The zero-order valence-electron chi connectivity index (χ0n) is 14.3. The van der Waals surface area contributed by atoms with Crippen molar-refractivity contribution in [3.8, 4) is 0 Å². The number of nitrogens with one attached hydrogen (secondary N) is 2. The van der Waals surface area contributed by atoms with E-state index in [-0.39, 0.29) is 5.54 Å². The summed E-state index contributed by atoms with van der Waals surface area (Å²) < 4.78 is 0. The van der Waals surface area contributed by atoms with Crippen LogP contribution in [0, 0.1) is 11.8 Å². The molecule has 0 spiro atoms. The molecule has 0 saturated carbocycles. The van der Waals surface area contributed by atoms with Gasteiger partial charge < -0.3 is 15.5 Å². The van der Waals surface area contributed by atoms with Crippen molar-refractivity contribution < 1.29 is 0 Å². The molecule has 1 fully saturated rings. The van der Waals surface area contributed by atoms with E-state index in [2.05, 4.69) is 55.1 Å². The molecule has 1 heterocycles. The molecule has 1 aliphatic rings. The molecule has 1 rings (SSSR count). The van der Waals surface area contributed by atoms with Gasteiger partial charge in [0.2, 0.25) is 0 Å². The summed E-state index contributed by atoms with van der Waals surface area (Å²) in [5.74, 6) is 2.41. The van der Waals surface area contributed by atoms with Crippen LogP contribution in [0.1, 0.15) is 47.5 Å². The van der Waals surface area contributed by atoms with Gasteiger partial charge in [0.25, 0.3) is 0 Å². The number of nitrogens with zero attached hydrogens (tertiary/aromatic N) is 2. The minimum Gasteiger partial charge on any atom is -0.356 e. The Morgan fingerprint density at radius 1 is 1.35 bits per heavy atom. The molecular formula is C16H34N4. The van der Waals surface area contributed by atoms with Crippen LogP contribution in [0.25, 0.3) is 0 Å². The third kappa shape index (κ3) is 7.13. The molecule has 0 aromatic rings. The molecule has 1 saturated heterocycles. The summed E-state index contributed by atoms with van der Waals surface area (Å²) in [6.07, 6.45) is 2.65. The highest BCUT2D eigenvalue weighted by atomic mass is 15.2. The fourth-order valence-corrected chi connectivity index (χ4v) is 2.78. The van der Waals surface area contributed by atoms with Crippen LogP contribution in [-0.2, 0) is 0 Å². The SMILES string of the molecule is CN=C(NCC1CCCN(CC(C)C)C1)NC(C)(C)C. The fraction of sp³-hybridized carbons (Fsp3) is 0.938. The summed E-state index contributed by atoms with van der Waals surface area (Å²) in [7, 11) is 1.84. The van der Waals surface area contributed by atoms with Crippen molar-refractivity contribution in [1.29, 1.82) is 0 Å². The molecule has 20 heavy (non-hydrogen) atoms. The predicted molar refractivity (Wildman–Crippen MR) is 88.3 cm³/mol. The second kappa shape index (κ2) is 7.87. The molecule has 0 aliphatic carbocycles. The molecule has 0 aromatic carbocycles. The minimum absolute atomic E-state index is 0.0537. The first-order valence-corrected chi connectivity index (χ1v) is 8.01. The summed E-state index contributed by atoms with van der Waals surface area (Å²) in [4.78, 5) is 6.92. The number of piperidine rings is 1. The Morgan fingerprint density at radius 3 is 2.60 bits per heavy atom. The largest absolute Gasteiger partial charge is 0.356 e. The molecule has 2 N–H and O–H groups in total. The number of hydrogen-bond donors (Lipinski definition) is 2. The standard InChI is InChI=1S/C16H34N4/c1-13(2)11-20-9-7-8-14(12-20)10-18-15(17-6)19-16(3,4)5/h13-14H,7-12H2,1-6H3,(H2,17,18,19). The van der Waals surface area contributed by atoms with Crippen LogP contribution in [0.15, 0.2) is 4.99 Å². The molecule has 1 aliphatic heterocycles. The molecular weight excluding hydrogens is 248 g/mol. The Hall–Kier alpha value is -0.770. The lowest BCUT2D eigenvalue weighted by Gasteiger charge is -2.34. The molecule has 0 radical (unpaired) electrons. The smallest absolute Gasteiger partial charge is 0.191 e. The quantitative estimate of drug-likeness (QED) is 0.614. The van der Waals surface area contributed by atoms with Gasteiger partial charge in [-0.15, -0.1) is 0 Å². The number of aliphatic imine (C=N–C) groups is 1. The monoisotopic (exact) mass is 282 g/mol. The normalized spacial score (nSPS) is 22.1. The lowest BCUT2D eigenvalue weighted by Crippen LogP contribution is -2.50. The van der Waals surface area contributed by atoms with Crippen molar-refractivity contribution in [2.24, 2.45) is 16.8 Å². The van der Waals surface area contributed by atoms with Crippen molar-refractivity contribution in [3.05, 3.63) is 0 Å². The Balaban J connectivity index is 2.36. The Kier molecular flexibility index (Phi) is 6.80. The fourth-order valence-electron chi connectivity index (χ4n) is 2.78. The number of likely N-dealkylation sites (tertiary alicyclic amines) is 1. The summed E-state index contributed by atoms with van der Waals surface area (Å²) in [5, 5.41) is 6.90. The van der Waals surface area contributed by atoms with E-state index < -0.39 is 0 Å². The Labute approximate surface area is 125 Å². The van der Waals surface area contributed by atoms with Gasteiger partial charge in [-0.2, -0.15) is 0 Å². The second-order valence-corrected chi connectivity index (χ2v) is 7.49. The van der Waals surface area contributed by atoms with E-state index in [1.165, 1.54) is 32.5 Å². The first-order valence-electron chi connectivity index (χ1n) is 8.01. The van der Waals surface area contributed by atoms with Crippen molar-refractivity contribution in [1.82, 2.24) is 15.5 Å². The van der Waals surface area contributed by atoms with Gasteiger partial charge in [-0.25, -0.2) is 0 Å². The Morgan fingerprint density at radius 2 is 2.05 bits per heavy atom. The van der Waals surface area contributed by atoms with E-state index >= 15 is 0 Å². The topological polar surface area (TPSA) is 39.7 Å². The maximum absolute atomic E-state index is 4.31. The molecule has 118 valence electrons. The number of hydrogen-bond acceptors (Lipinski definition) is 2. The van der Waals surface area contributed by atoms with Gasteiger partial charge in [0.1, 0.15) is 0 Å². The first-order chi connectivity index (χ1) is 9.30. The van der Waals surface area contributed by atoms with Crippen LogP contribution in [0.2, 0.25) is 0 Å². The number of rotatable bonds is 4. The zero-order valence-corrected chi connectivity index (χ0v) is 14.3. The summed E-state index contributed by atoms with van der Waals surface area (Å²) in [6, 6.07) is 0. The third-order valence-corrected chi connectivity index (χ3v) is 3.50. The Bertz CT molecular complexity index is 304. The summed E-state index contributed by atoms with van der Waals surface area (Å²) in [6.45, 7) is 15.8. The highest BCUT2D eigenvalue weighted by Crippen LogP contribution is 2.16. The van der Waals surface area contributed by atoms with Gasteiger partial charge >= 0.3 is 0 Å². The van der Waals surface area contributed by atoms with Crippen LogP contribution in [0.4, 0.5) is 0 Å². The van der Waals surface area contributed by atoms with E-state index in [4.69, 9.17) is 0 Å². The minimum atomic E-state index is 0.0537. The van der Waals surface area contributed by atoms with Crippen LogP contribution in [-0.4, -0.2) is 49.6 Å². The molecule has 4 nitrogen and oxygen atoms in total. The van der Waals surface area contributed by atoms with Gasteiger partial charge in [0.05, 0.1) is 0 Å². The number of guanidine groups is 1. The van der Waals surface area contributed by atoms with Crippen LogP contribution in [0.3, 0.4) is 0 Å². The average molecular weight is 282 g/mol. The molecule has 4 heteroatoms. The summed E-state index contributed by atoms with van der Waals surface area (Å²) in [5.41, 5.74) is 0.0537. The lowest BCUT2D eigenvalue weighted by molar-refractivity contribution is 0.159. The highest BCUT2D eigenvalue weighted by molar-refractivity contribution is 5.80. The predicted octanol–water partition coefficient (Wildman–Crippen LogP) is 2.32. The van der Waals surface area contributed by atoms with Crippen molar-refractivity contribution in [2.75, 3.05) is 33.2 Å². The van der Waals surface area contributed by atoms with Gasteiger partial charge in [-0.1, -0.05) is 13.8 Å². The molecule has 0 aromatic heterocycles. The van der Waals surface area contributed by atoms with Gasteiger partial charge in [0.15, 0.2) is 5.96 Å². The molecule has 0 bridgehead atoms. The van der Waals surface area contributed by atoms with E-state index in [1.807, 2.05) is 7.05 Å². The molecule has 1 atom stereocenters. The van der Waals surface area contributed by atoms with Crippen molar-refractivity contribution in [3.63, 3.8) is 0 Å². The maximum Gasteiger partial charge on any atom is 0.191 e. The van der Waals surface area contributed by atoms with E-state index in [0.717, 1.165) is 24.3 Å². The lowest BCUT2D eigenvalue weighted by atomic mass is 9.97. The highest BCUT2D eigenvalue weighted by Gasteiger charge is 2.21. The second-order valence-electron chi connectivity index (χ2n) is 7.49. The van der Waals surface area contributed by atoms with Crippen LogP contribution in [0.5, 0.6) is 0 Å². The molecule has 1 unspecified atom stereocenters. The van der Waals surface area contributed by atoms with Crippen molar-refractivity contribution >= 4 is 5.96 Å².